The third-order valence-corrected chi connectivity index (χ3v) is 20.4. The highest BCUT2D eigenvalue weighted by atomic mass is 16.8. The van der Waals surface area contributed by atoms with Crippen molar-refractivity contribution in [2.45, 2.75) is 204 Å². The van der Waals surface area contributed by atoms with Crippen molar-refractivity contribution in [3.8, 4) is 5.75 Å². The molecule has 430 valence electrons. The Labute approximate surface area is 447 Å². The number of aliphatic carboxylic acids is 1. The fourth-order valence-electron chi connectivity index (χ4n) is 15.9. The molecule has 21 heteroatoms. The van der Waals surface area contributed by atoms with Crippen LogP contribution in [0.3, 0.4) is 0 Å². The summed E-state index contributed by atoms with van der Waals surface area (Å²) in [6.07, 6.45) is -16.2. The normalized spacial score (nSPS) is 47.3. The van der Waals surface area contributed by atoms with Crippen LogP contribution in [0.1, 0.15) is 112 Å². The second-order valence-electron chi connectivity index (χ2n) is 25.5. The van der Waals surface area contributed by atoms with E-state index in [2.05, 4.69) is 54.5 Å². The number of ether oxygens (including phenoxy) is 7. The second kappa shape index (κ2) is 21.0. The van der Waals surface area contributed by atoms with E-state index in [-0.39, 0.29) is 41.3 Å². The molecular weight excluding hydrogens is 1010 g/mol. The molecule has 5 aliphatic carbocycles. The van der Waals surface area contributed by atoms with Crippen molar-refractivity contribution in [3.05, 3.63) is 47.6 Å². The van der Waals surface area contributed by atoms with E-state index in [1.807, 2.05) is 0 Å². The number of carboxylic acids is 1. The topological polar surface area (TPSA) is 338 Å². The van der Waals surface area contributed by atoms with Gasteiger partial charge in [-0.3, -0.25) is 4.79 Å². The van der Waals surface area contributed by atoms with Crippen LogP contribution in [0.25, 0.3) is 6.08 Å². The van der Waals surface area contributed by atoms with Gasteiger partial charge in [0.1, 0.15) is 66.1 Å². The third kappa shape index (κ3) is 9.78. The summed E-state index contributed by atoms with van der Waals surface area (Å²) in [5.74, 6) is -3.66. The van der Waals surface area contributed by atoms with Crippen molar-refractivity contribution in [2.75, 3.05) is 13.2 Å². The highest BCUT2D eigenvalue weighted by Crippen LogP contribution is 2.76. The van der Waals surface area contributed by atoms with Gasteiger partial charge < -0.3 is 89.3 Å². The Bertz CT molecular complexity index is 2410. The first kappa shape index (κ1) is 58.0. The number of carbonyl (C=O) groups is 3. The molecule has 0 aromatic heterocycles. The zero-order valence-electron chi connectivity index (χ0n) is 44.8. The lowest BCUT2D eigenvalue weighted by Gasteiger charge is -2.71. The van der Waals surface area contributed by atoms with Gasteiger partial charge in [0, 0.05) is 6.08 Å². The Morgan fingerprint density at radius 2 is 1.38 bits per heavy atom. The van der Waals surface area contributed by atoms with Crippen molar-refractivity contribution in [1.29, 1.82) is 0 Å². The van der Waals surface area contributed by atoms with Gasteiger partial charge in [-0.05, 0) is 126 Å². The number of carboxylic acid groups (broad SMARTS) is 1. The number of hydrogen-bond donors (Lipinski definition) is 11. The van der Waals surface area contributed by atoms with Gasteiger partial charge in [-0.1, -0.05) is 72.2 Å². The lowest BCUT2D eigenvalue weighted by atomic mass is 9.33. The Kier molecular flexibility index (Phi) is 15.8. The van der Waals surface area contributed by atoms with Crippen LogP contribution in [-0.4, -0.2) is 186 Å². The van der Waals surface area contributed by atoms with Crippen molar-refractivity contribution in [1.82, 2.24) is 0 Å². The molecule has 0 radical (unpaired) electrons. The van der Waals surface area contributed by atoms with E-state index in [9.17, 15) is 65.8 Å². The van der Waals surface area contributed by atoms with E-state index < -0.39 is 157 Å². The number of aliphatic hydroxyl groups is 9. The zero-order valence-corrected chi connectivity index (χ0v) is 44.8. The van der Waals surface area contributed by atoms with E-state index in [1.54, 1.807) is 12.1 Å². The summed E-state index contributed by atoms with van der Waals surface area (Å²) in [6.45, 7) is 14.0. The molecule has 11 N–H and O–H groups in total. The minimum Gasteiger partial charge on any atom is -0.508 e. The molecule has 8 aliphatic rings. The van der Waals surface area contributed by atoms with Gasteiger partial charge in [0.25, 0.3) is 0 Å². The number of esters is 2. The van der Waals surface area contributed by atoms with Crippen molar-refractivity contribution in [2.24, 2.45) is 50.2 Å². The first-order valence-electron chi connectivity index (χ1n) is 27.2. The largest absolute Gasteiger partial charge is 0.508 e. The second-order valence-corrected chi connectivity index (χ2v) is 25.5. The number of carbonyl (C=O) groups excluding carboxylic acids is 2. The van der Waals surface area contributed by atoms with E-state index >= 15 is 4.79 Å². The maximum absolute atomic E-state index is 15.5. The van der Waals surface area contributed by atoms with Crippen LogP contribution in [0.15, 0.2) is 42.0 Å². The molecule has 23 atom stereocenters. The summed E-state index contributed by atoms with van der Waals surface area (Å²) < 4.78 is 41.9. The van der Waals surface area contributed by atoms with Crippen LogP contribution in [0.2, 0.25) is 0 Å². The van der Waals surface area contributed by atoms with Crippen LogP contribution in [0, 0.1) is 50.2 Å². The van der Waals surface area contributed by atoms with E-state index in [4.69, 9.17) is 33.2 Å². The lowest BCUT2D eigenvalue weighted by Crippen LogP contribution is -2.68. The molecule has 0 spiro atoms. The Hall–Kier alpha value is -3.65. The van der Waals surface area contributed by atoms with Gasteiger partial charge in [0.05, 0.1) is 25.4 Å². The number of aliphatic hydroxyl groups excluding tert-OH is 9. The third-order valence-electron chi connectivity index (χ3n) is 20.4. The molecule has 9 rings (SSSR count). The van der Waals surface area contributed by atoms with E-state index in [0.29, 0.717) is 37.7 Å². The first-order chi connectivity index (χ1) is 36.0. The van der Waals surface area contributed by atoms with Crippen LogP contribution in [0.5, 0.6) is 5.75 Å². The van der Waals surface area contributed by atoms with E-state index in [0.717, 1.165) is 24.5 Å². The number of phenols is 1. The van der Waals surface area contributed by atoms with Gasteiger partial charge >= 0.3 is 17.9 Å². The van der Waals surface area contributed by atoms with Crippen LogP contribution < -0.4 is 0 Å². The molecule has 3 aliphatic heterocycles. The number of rotatable bonds is 11. The maximum atomic E-state index is 15.5. The summed E-state index contributed by atoms with van der Waals surface area (Å²) in [5.41, 5.74) is -2.05. The highest BCUT2D eigenvalue weighted by molar-refractivity contribution is 5.87. The average molecular weight is 1090 g/mol. The summed E-state index contributed by atoms with van der Waals surface area (Å²) in [4.78, 5) is 41.2. The van der Waals surface area contributed by atoms with Crippen molar-refractivity contribution in [3.63, 3.8) is 0 Å². The fraction of sp³-hybridized carbons (Fsp3) is 0.768. The predicted octanol–water partition coefficient (Wildman–Crippen LogP) is 1.81. The number of hydrogen-bond acceptors (Lipinski definition) is 20. The highest BCUT2D eigenvalue weighted by Gasteiger charge is 2.72. The number of fused-ring (bicyclic) bond motifs is 7. The van der Waals surface area contributed by atoms with Gasteiger partial charge in [-0.15, -0.1) is 0 Å². The summed E-state index contributed by atoms with van der Waals surface area (Å²) in [7, 11) is 0. The molecule has 21 nitrogen and oxygen atoms in total. The van der Waals surface area contributed by atoms with Crippen LogP contribution in [-0.2, 0) is 47.5 Å². The van der Waals surface area contributed by atoms with Crippen LogP contribution >= 0.6 is 0 Å². The maximum Gasteiger partial charge on any atom is 0.335 e. The molecule has 23 unspecified atom stereocenters. The van der Waals surface area contributed by atoms with Gasteiger partial charge in [-0.2, -0.15) is 0 Å². The predicted molar refractivity (Wildman–Crippen MR) is 267 cm³/mol. The first-order valence-corrected chi connectivity index (χ1v) is 27.2. The average Bonchev–Trinajstić information content (AvgIpc) is 3.45. The minimum absolute atomic E-state index is 0.00123. The lowest BCUT2D eigenvalue weighted by molar-refractivity contribution is -0.347. The Morgan fingerprint density at radius 1 is 0.714 bits per heavy atom. The molecule has 3 saturated heterocycles. The summed E-state index contributed by atoms with van der Waals surface area (Å²) in [5, 5.41) is 118. The molecule has 3 heterocycles. The van der Waals surface area contributed by atoms with Crippen LogP contribution in [0.4, 0.5) is 0 Å². The quantitative estimate of drug-likeness (QED) is 0.0651. The molecule has 0 amide bonds. The minimum atomic E-state index is -1.91. The van der Waals surface area contributed by atoms with Gasteiger partial charge in [0.2, 0.25) is 6.29 Å². The monoisotopic (exact) mass is 1090 g/mol. The molecule has 77 heavy (non-hydrogen) atoms. The Morgan fingerprint density at radius 3 is 2.04 bits per heavy atom. The zero-order chi connectivity index (χ0) is 56.1. The summed E-state index contributed by atoms with van der Waals surface area (Å²) in [6, 6.07) is 5.92. The Balaban J connectivity index is 1.00. The summed E-state index contributed by atoms with van der Waals surface area (Å²) >= 11 is 0. The molecule has 0 bridgehead atoms. The number of aromatic hydroxyl groups is 1. The molecular formula is C56H80O21. The molecule has 1 aromatic rings. The number of phenolic OH excluding ortho intramolecular Hbond substituents is 1. The van der Waals surface area contributed by atoms with E-state index in [1.165, 1.54) is 18.2 Å². The van der Waals surface area contributed by atoms with Gasteiger partial charge in [0.15, 0.2) is 24.8 Å². The van der Waals surface area contributed by atoms with Crippen molar-refractivity contribution >= 4 is 24.0 Å². The molecule has 7 fully saturated rings. The molecule has 1 aromatic carbocycles. The SMILES string of the molecule is CC1(C)CCC2(C(=O)OC3OCC(O)C(OC4OC(CO)C(O)C(O)C4O)C3OC(=O)C=Cc3ccc(O)cc3)C(O)CC3(C)C(=CCC4C5(C)CCC(OC6OC(C(=O)O)C(O)C(O)C6O)C(C)(C)C5CCC43C)C2C1. The van der Waals surface area contributed by atoms with Gasteiger partial charge in [-0.25, -0.2) is 9.59 Å². The fourth-order valence-corrected chi connectivity index (χ4v) is 15.9. The standard InChI is InChI=1S/C56H80O21/c1-51(2)20-21-56(50(70)77-49-45(74-36(61)15-10-26-8-11-27(58)12-9-26)43(30(59)25-71-49)75-47-41(66)38(63)37(62)31(24-57)72-47)29(22-51)28-13-14-33-53(5)18-17-35(73-48-42(67)39(64)40(65)44(76-48)46(68)69)52(3,4)32(53)16-19-54(33,6)55(28,7)23-34(56)60/h8-13,15,29-35,37-45,47-49,57-60,62-67H,14,16-25H2,1-7H3,(H,68,69). The van der Waals surface area contributed by atoms with Crippen molar-refractivity contribution < 1.29 is 104 Å². The smallest absolute Gasteiger partial charge is 0.335 e. The number of allylic oxidation sites excluding steroid dienone is 2. The molecule has 4 saturated carbocycles. The number of benzene rings is 1.